The van der Waals surface area contributed by atoms with E-state index < -0.39 is 29.8 Å². The van der Waals surface area contributed by atoms with Crippen LogP contribution in [-0.2, 0) is 4.79 Å². The van der Waals surface area contributed by atoms with Crippen LogP contribution in [0.15, 0.2) is 12.4 Å². The van der Waals surface area contributed by atoms with Crippen LogP contribution in [0.4, 0.5) is 18.0 Å². The number of carboxylic acid groups (broad SMARTS) is 1. The minimum atomic E-state index is -5.13. The van der Waals surface area contributed by atoms with E-state index in [2.05, 4.69) is 15.3 Å². The first-order chi connectivity index (χ1) is 9.08. The first-order valence-corrected chi connectivity index (χ1v) is 5.46. The number of urea groups is 1. The van der Waals surface area contributed by atoms with Gasteiger partial charge in [0.05, 0.1) is 6.04 Å². The molecule has 0 aliphatic carbocycles. The molecule has 2 atom stereocenters. The second-order valence-corrected chi connectivity index (χ2v) is 4.22. The summed E-state index contributed by atoms with van der Waals surface area (Å²) in [6, 6.07) is -1.98. The van der Waals surface area contributed by atoms with Gasteiger partial charge in [0.2, 0.25) is 5.54 Å². The van der Waals surface area contributed by atoms with Crippen molar-refractivity contribution in [1.82, 2.24) is 20.6 Å². The van der Waals surface area contributed by atoms with Gasteiger partial charge in [-0.1, -0.05) is 0 Å². The summed E-state index contributed by atoms with van der Waals surface area (Å²) < 4.78 is 38.1. The van der Waals surface area contributed by atoms with Gasteiger partial charge in [0.25, 0.3) is 0 Å². The number of hydrogen-bond acceptors (Lipinski definition) is 3. The molecule has 20 heavy (non-hydrogen) atoms. The molecule has 0 saturated carbocycles. The lowest BCUT2D eigenvalue weighted by molar-refractivity contribution is -0.203. The van der Waals surface area contributed by atoms with Crippen molar-refractivity contribution in [3.05, 3.63) is 18.2 Å². The molecule has 0 aromatic carbocycles. The van der Waals surface area contributed by atoms with Crippen LogP contribution in [0.25, 0.3) is 0 Å². The quantitative estimate of drug-likeness (QED) is 0.668. The van der Waals surface area contributed by atoms with Crippen LogP contribution in [0.2, 0.25) is 0 Å². The van der Waals surface area contributed by atoms with Crippen LogP contribution in [0.3, 0.4) is 0 Å². The van der Waals surface area contributed by atoms with Crippen molar-refractivity contribution < 1.29 is 27.9 Å². The maximum Gasteiger partial charge on any atom is 0.422 e. The number of carbonyl (C=O) groups is 2. The molecule has 1 aromatic rings. The Balaban J connectivity index is 2.76. The molecule has 1 rings (SSSR count). The lowest BCUT2D eigenvalue weighted by Gasteiger charge is -2.29. The number of halogens is 3. The maximum absolute atomic E-state index is 12.7. The Bertz CT molecular complexity index is 488. The molecule has 0 radical (unpaired) electrons. The van der Waals surface area contributed by atoms with Gasteiger partial charge in [-0.25, -0.2) is 14.6 Å². The molecule has 0 spiro atoms. The van der Waals surface area contributed by atoms with Crippen LogP contribution >= 0.6 is 0 Å². The van der Waals surface area contributed by atoms with Crippen molar-refractivity contribution in [2.45, 2.75) is 31.6 Å². The molecule has 0 fully saturated rings. The average molecular weight is 294 g/mol. The summed E-state index contributed by atoms with van der Waals surface area (Å²) in [7, 11) is 0. The number of carbonyl (C=O) groups excluding carboxylic acids is 1. The molecule has 0 aliphatic rings. The topological polar surface area (TPSA) is 107 Å². The molecule has 112 valence electrons. The SMILES string of the molecule is CC(NC(=O)NC(C)(C(=O)O)C(F)(F)F)c1ncc[nH]1. The molecule has 0 saturated heterocycles. The minimum Gasteiger partial charge on any atom is -0.479 e. The second kappa shape index (κ2) is 5.39. The maximum atomic E-state index is 12.7. The highest BCUT2D eigenvalue weighted by Crippen LogP contribution is 2.30. The Labute approximate surface area is 111 Å². The van der Waals surface area contributed by atoms with Gasteiger partial charge in [-0.2, -0.15) is 13.2 Å². The normalized spacial score (nSPS) is 16.1. The lowest BCUT2D eigenvalue weighted by atomic mass is 10.0. The summed E-state index contributed by atoms with van der Waals surface area (Å²) in [6.07, 6.45) is -2.25. The number of amides is 2. The zero-order chi connectivity index (χ0) is 15.6. The van der Waals surface area contributed by atoms with E-state index in [-0.39, 0.29) is 0 Å². The van der Waals surface area contributed by atoms with Gasteiger partial charge in [-0.05, 0) is 13.8 Å². The number of aromatic amines is 1. The summed E-state index contributed by atoms with van der Waals surface area (Å²) in [5, 5.41) is 12.2. The van der Waals surface area contributed by atoms with Crippen molar-refractivity contribution in [2.24, 2.45) is 0 Å². The number of alkyl halides is 3. The zero-order valence-corrected chi connectivity index (χ0v) is 10.6. The molecule has 1 heterocycles. The number of hydrogen-bond donors (Lipinski definition) is 4. The summed E-state index contributed by atoms with van der Waals surface area (Å²) in [5.41, 5.74) is -3.38. The smallest absolute Gasteiger partial charge is 0.422 e. The Hall–Kier alpha value is -2.26. The number of aromatic nitrogens is 2. The van der Waals surface area contributed by atoms with Crippen molar-refractivity contribution in [2.75, 3.05) is 0 Å². The molecule has 10 heteroatoms. The van der Waals surface area contributed by atoms with Gasteiger partial charge in [0.15, 0.2) is 0 Å². The molecule has 0 aliphatic heterocycles. The number of nitrogens with one attached hydrogen (secondary N) is 3. The van der Waals surface area contributed by atoms with Crippen molar-refractivity contribution in [1.29, 1.82) is 0 Å². The summed E-state index contributed by atoms with van der Waals surface area (Å²) in [6.45, 7) is 1.84. The average Bonchev–Trinajstić information content (AvgIpc) is 2.79. The summed E-state index contributed by atoms with van der Waals surface area (Å²) in [5.74, 6) is -1.88. The van der Waals surface area contributed by atoms with Gasteiger partial charge < -0.3 is 20.7 Å². The third kappa shape index (κ3) is 3.19. The highest BCUT2D eigenvalue weighted by atomic mass is 19.4. The predicted molar refractivity (Wildman–Crippen MR) is 60.8 cm³/mol. The Morgan fingerprint density at radius 3 is 2.45 bits per heavy atom. The van der Waals surface area contributed by atoms with E-state index in [4.69, 9.17) is 5.11 Å². The predicted octanol–water partition coefficient (Wildman–Crippen LogP) is 1.18. The van der Waals surface area contributed by atoms with Gasteiger partial charge >= 0.3 is 18.2 Å². The monoisotopic (exact) mass is 294 g/mol. The fraction of sp³-hybridized carbons (Fsp3) is 0.500. The van der Waals surface area contributed by atoms with Gasteiger partial charge in [0, 0.05) is 12.4 Å². The molecule has 2 unspecified atom stereocenters. The molecular weight excluding hydrogens is 281 g/mol. The molecule has 2 amide bonds. The van der Waals surface area contributed by atoms with Crippen LogP contribution < -0.4 is 10.6 Å². The molecule has 7 nitrogen and oxygen atoms in total. The van der Waals surface area contributed by atoms with Crippen molar-refractivity contribution >= 4 is 12.0 Å². The Morgan fingerprint density at radius 1 is 1.45 bits per heavy atom. The number of imidazole rings is 1. The third-order valence-corrected chi connectivity index (χ3v) is 2.64. The van der Waals surface area contributed by atoms with Crippen molar-refractivity contribution in [3.8, 4) is 0 Å². The van der Waals surface area contributed by atoms with Gasteiger partial charge in [0.1, 0.15) is 5.82 Å². The van der Waals surface area contributed by atoms with E-state index in [0.29, 0.717) is 12.7 Å². The highest BCUT2D eigenvalue weighted by molar-refractivity contribution is 5.86. The number of carboxylic acids is 1. The fourth-order valence-electron chi connectivity index (χ4n) is 1.29. The molecule has 4 N–H and O–H groups in total. The van der Waals surface area contributed by atoms with E-state index in [1.807, 2.05) is 0 Å². The van der Waals surface area contributed by atoms with Crippen LogP contribution in [-0.4, -0.2) is 38.8 Å². The standard InChI is InChI=1S/C10H13F3N4O3/c1-5(6-14-3-4-15-6)16-8(20)17-9(2,7(18)19)10(11,12)13/h3-5H,1-2H3,(H,14,15)(H,18,19)(H2,16,17,20). The minimum absolute atomic E-state index is 0.323. The van der Waals surface area contributed by atoms with E-state index in [0.717, 1.165) is 0 Å². The number of nitrogens with zero attached hydrogens (tertiary/aromatic N) is 1. The molecular formula is C10H13F3N4O3. The molecule has 1 aromatic heterocycles. The largest absolute Gasteiger partial charge is 0.479 e. The Morgan fingerprint density at radius 2 is 2.05 bits per heavy atom. The zero-order valence-electron chi connectivity index (χ0n) is 10.6. The van der Waals surface area contributed by atoms with Crippen molar-refractivity contribution in [3.63, 3.8) is 0 Å². The van der Waals surface area contributed by atoms with E-state index in [1.165, 1.54) is 24.6 Å². The van der Waals surface area contributed by atoms with Crippen LogP contribution in [0.1, 0.15) is 25.7 Å². The summed E-state index contributed by atoms with van der Waals surface area (Å²) in [4.78, 5) is 28.7. The first kappa shape index (κ1) is 15.8. The van der Waals surface area contributed by atoms with Gasteiger partial charge in [-0.15, -0.1) is 0 Å². The lowest BCUT2D eigenvalue weighted by Crippen LogP contribution is -2.63. The van der Waals surface area contributed by atoms with Gasteiger partial charge in [-0.3, -0.25) is 0 Å². The van der Waals surface area contributed by atoms with E-state index in [1.54, 1.807) is 0 Å². The number of aliphatic carboxylic acids is 1. The van der Waals surface area contributed by atoms with E-state index >= 15 is 0 Å². The number of H-pyrrole nitrogens is 1. The Kier molecular flexibility index (Phi) is 4.26. The molecule has 0 bridgehead atoms. The van der Waals surface area contributed by atoms with E-state index in [9.17, 15) is 22.8 Å². The fourth-order valence-corrected chi connectivity index (χ4v) is 1.29. The highest BCUT2D eigenvalue weighted by Gasteiger charge is 2.58. The second-order valence-electron chi connectivity index (χ2n) is 4.22. The first-order valence-electron chi connectivity index (χ1n) is 5.46. The number of rotatable bonds is 4. The summed E-state index contributed by atoms with van der Waals surface area (Å²) >= 11 is 0. The third-order valence-electron chi connectivity index (χ3n) is 2.64. The van der Waals surface area contributed by atoms with Crippen LogP contribution in [0.5, 0.6) is 0 Å². The van der Waals surface area contributed by atoms with Crippen LogP contribution in [0, 0.1) is 0 Å².